The number of halogens is 2. The molecule has 0 spiro atoms. The summed E-state index contributed by atoms with van der Waals surface area (Å²) in [5.41, 5.74) is 0.677. The maximum atomic E-state index is 12.9. The van der Waals surface area contributed by atoms with Crippen LogP contribution in [0.4, 0.5) is 14.7 Å². The van der Waals surface area contributed by atoms with E-state index in [1.807, 2.05) is 4.90 Å². The van der Waals surface area contributed by atoms with E-state index in [0.29, 0.717) is 18.1 Å². The van der Waals surface area contributed by atoms with Crippen LogP contribution in [0.25, 0.3) is 0 Å². The molecule has 1 atom stereocenters. The minimum atomic E-state index is -2.95. The molecule has 0 saturated carbocycles. The molecule has 1 unspecified atom stereocenters. The zero-order valence-electron chi connectivity index (χ0n) is 16.4. The first-order valence-electron chi connectivity index (χ1n) is 9.36. The number of rotatable bonds is 7. The highest BCUT2D eigenvalue weighted by Crippen LogP contribution is 2.30. The maximum Gasteiger partial charge on any atom is 0.387 e. The Morgan fingerprint density at radius 2 is 2.07 bits per heavy atom. The molecule has 0 N–H and O–H groups in total. The van der Waals surface area contributed by atoms with Crippen molar-refractivity contribution < 1.29 is 23.0 Å². The van der Waals surface area contributed by atoms with Crippen LogP contribution in [0.1, 0.15) is 18.4 Å². The van der Waals surface area contributed by atoms with E-state index in [9.17, 15) is 13.6 Å². The van der Waals surface area contributed by atoms with Crippen LogP contribution < -0.4 is 14.4 Å². The molecule has 1 fully saturated rings. The average Bonchev–Trinajstić information content (AvgIpc) is 2.73. The number of alkyl halides is 2. The van der Waals surface area contributed by atoms with Crippen LogP contribution in [0.3, 0.4) is 0 Å². The van der Waals surface area contributed by atoms with Crippen molar-refractivity contribution in [1.29, 1.82) is 0 Å². The molecular weight excluding hydrogens is 382 g/mol. The fourth-order valence-electron chi connectivity index (χ4n) is 3.49. The van der Waals surface area contributed by atoms with Crippen LogP contribution in [-0.4, -0.2) is 54.6 Å². The first-order valence-corrected chi connectivity index (χ1v) is 9.36. The first kappa shape index (κ1) is 20.8. The van der Waals surface area contributed by atoms with E-state index >= 15 is 0 Å². The number of ether oxygens (including phenoxy) is 2. The van der Waals surface area contributed by atoms with E-state index in [1.54, 1.807) is 42.5 Å². The third kappa shape index (κ3) is 5.30. The molecule has 0 bridgehead atoms. The Balaban J connectivity index is 1.65. The zero-order valence-corrected chi connectivity index (χ0v) is 16.4. The summed E-state index contributed by atoms with van der Waals surface area (Å²) in [7, 11) is 3.09. The lowest BCUT2D eigenvalue weighted by Crippen LogP contribution is -2.44. The van der Waals surface area contributed by atoms with Crippen LogP contribution in [-0.2, 0) is 11.3 Å². The van der Waals surface area contributed by atoms with Gasteiger partial charge in [0.15, 0.2) is 11.5 Å². The zero-order chi connectivity index (χ0) is 20.8. The molecule has 1 aromatic heterocycles. The van der Waals surface area contributed by atoms with Gasteiger partial charge in [0.1, 0.15) is 0 Å². The molecule has 3 rings (SSSR count). The molecule has 1 aromatic carbocycles. The van der Waals surface area contributed by atoms with Crippen LogP contribution in [0, 0.1) is 5.92 Å². The number of benzene rings is 1. The summed E-state index contributed by atoms with van der Waals surface area (Å²) in [4.78, 5) is 25.1. The number of hydrogen-bond donors (Lipinski definition) is 0. The Morgan fingerprint density at radius 1 is 1.31 bits per heavy atom. The Kier molecular flexibility index (Phi) is 6.79. The quantitative estimate of drug-likeness (QED) is 0.704. The molecule has 1 aliphatic heterocycles. The van der Waals surface area contributed by atoms with Crippen LogP contribution in [0.5, 0.6) is 11.5 Å². The summed E-state index contributed by atoms with van der Waals surface area (Å²) in [6.07, 6.45) is 5.03. The lowest BCUT2D eigenvalue weighted by atomic mass is 9.96. The third-order valence-corrected chi connectivity index (χ3v) is 4.85. The third-order valence-electron chi connectivity index (χ3n) is 4.85. The minimum Gasteiger partial charge on any atom is -0.493 e. The summed E-state index contributed by atoms with van der Waals surface area (Å²) >= 11 is 0. The lowest BCUT2D eigenvalue weighted by Gasteiger charge is -2.34. The second-order valence-corrected chi connectivity index (χ2v) is 6.89. The Hall–Kier alpha value is -2.97. The maximum absolute atomic E-state index is 12.9. The van der Waals surface area contributed by atoms with E-state index in [-0.39, 0.29) is 29.9 Å². The fourth-order valence-corrected chi connectivity index (χ4v) is 3.49. The molecular formula is C20H24F2N4O3. The molecule has 1 amide bonds. The van der Waals surface area contributed by atoms with E-state index in [4.69, 9.17) is 4.74 Å². The Morgan fingerprint density at radius 3 is 2.76 bits per heavy atom. The topological polar surface area (TPSA) is 67.8 Å². The second-order valence-electron chi connectivity index (χ2n) is 6.89. The highest BCUT2D eigenvalue weighted by molar-refractivity contribution is 5.79. The van der Waals surface area contributed by atoms with E-state index in [2.05, 4.69) is 14.7 Å². The van der Waals surface area contributed by atoms with Gasteiger partial charge in [-0.1, -0.05) is 6.07 Å². The van der Waals surface area contributed by atoms with Crippen molar-refractivity contribution in [2.45, 2.75) is 26.0 Å². The molecule has 156 valence electrons. The summed E-state index contributed by atoms with van der Waals surface area (Å²) < 4.78 is 34.8. The molecule has 1 aliphatic rings. The van der Waals surface area contributed by atoms with Gasteiger partial charge in [-0.25, -0.2) is 9.97 Å². The highest BCUT2D eigenvalue weighted by Gasteiger charge is 2.29. The molecule has 2 aromatic rings. The normalized spacial score (nSPS) is 16.6. The van der Waals surface area contributed by atoms with Gasteiger partial charge >= 0.3 is 6.61 Å². The van der Waals surface area contributed by atoms with Crippen molar-refractivity contribution in [3.05, 3.63) is 42.2 Å². The highest BCUT2D eigenvalue weighted by atomic mass is 19.3. The molecule has 9 heteroatoms. The standard InChI is InChI=1S/C20H24F2N4O3/c1-25(12-14-6-7-16(28-2)17(11-14)29-19(21)22)18(27)15-5-3-10-26(13-15)20-23-8-4-9-24-20/h4,6-9,11,15,19H,3,5,10,12-13H2,1-2H3. The number of anilines is 1. The fraction of sp³-hybridized carbons (Fsp3) is 0.450. The van der Waals surface area contributed by atoms with Crippen molar-refractivity contribution in [3.8, 4) is 11.5 Å². The van der Waals surface area contributed by atoms with Crippen molar-refractivity contribution in [2.24, 2.45) is 5.92 Å². The summed E-state index contributed by atoms with van der Waals surface area (Å²) in [6, 6.07) is 6.51. The van der Waals surface area contributed by atoms with E-state index < -0.39 is 6.61 Å². The van der Waals surface area contributed by atoms with Crippen molar-refractivity contribution in [3.63, 3.8) is 0 Å². The number of piperidine rings is 1. The van der Waals surface area contributed by atoms with Gasteiger partial charge in [0.25, 0.3) is 0 Å². The minimum absolute atomic E-state index is 0.00206. The van der Waals surface area contributed by atoms with Gasteiger partial charge in [0.2, 0.25) is 11.9 Å². The van der Waals surface area contributed by atoms with Crippen LogP contribution in [0.15, 0.2) is 36.7 Å². The average molecular weight is 406 g/mol. The van der Waals surface area contributed by atoms with Crippen molar-refractivity contribution >= 4 is 11.9 Å². The molecule has 1 saturated heterocycles. The Labute approximate surface area is 168 Å². The summed E-state index contributed by atoms with van der Waals surface area (Å²) in [6.45, 7) is -1.31. The molecule has 0 aliphatic carbocycles. The van der Waals surface area contributed by atoms with Gasteiger partial charge in [0, 0.05) is 39.1 Å². The monoisotopic (exact) mass is 406 g/mol. The van der Waals surface area contributed by atoms with Gasteiger partial charge < -0.3 is 19.3 Å². The molecule has 0 radical (unpaired) electrons. The first-order chi connectivity index (χ1) is 14.0. The SMILES string of the molecule is COc1ccc(CN(C)C(=O)C2CCCN(c3ncccn3)C2)cc1OC(F)F. The van der Waals surface area contributed by atoms with Crippen molar-refractivity contribution in [2.75, 3.05) is 32.1 Å². The number of aromatic nitrogens is 2. The molecule has 2 heterocycles. The number of carbonyl (C=O) groups is 1. The second kappa shape index (κ2) is 9.49. The van der Waals surface area contributed by atoms with Crippen LogP contribution >= 0.6 is 0 Å². The number of hydrogen-bond acceptors (Lipinski definition) is 6. The van der Waals surface area contributed by atoms with Crippen LogP contribution in [0.2, 0.25) is 0 Å². The van der Waals surface area contributed by atoms with Gasteiger partial charge in [-0.2, -0.15) is 8.78 Å². The number of methoxy groups -OCH3 is 1. The predicted molar refractivity (Wildman–Crippen MR) is 103 cm³/mol. The van der Waals surface area contributed by atoms with Gasteiger partial charge in [0.05, 0.1) is 13.0 Å². The van der Waals surface area contributed by atoms with Crippen molar-refractivity contribution in [1.82, 2.24) is 14.9 Å². The number of nitrogens with zero attached hydrogens (tertiary/aromatic N) is 4. The number of amides is 1. The predicted octanol–water partition coefficient (Wildman–Crippen LogP) is 2.96. The molecule has 29 heavy (non-hydrogen) atoms. The van der Waals surface area contributed by atoms with E-state index in [0.717, 1.165) is 19.4 Å². The summed E-state index contributed by atoms with van der Waals surface area (Å²) in [5.74, 6) is 0.613. The Bertz CT molecular complexity index is 823. The smallest absolute Gasteiger partial charge is 0.387 e. The van der Waals surface area contributed by atoms with Gasteiger partial charge in [-0.3, -0.25) is 4.79 Å². The largest absolute Gasteiger partial charge is 0.493 e. The van der Waals surface area contributed by atoms with Gasteiger partial charge in [-0.15, -0.1) is 0 Å². The molecule has 7 nitrogen and oxygen atoms in total. The number of carbonyl (C=O) groups excluding carboxylic acids is 1. The van der Waals surface area contributed by atoms with Gasteiger partial charge in [-0.05, 0) is 36.6 Å². The summed E-state index contributed by atoms with van der Waals surface area (Å²) in [5, 5.41) is 0. The van der Waals surface area contributed by atoms with E-state index in [1.165, 1.54) is 13.2 Å². The lowest BCUT2D eigenvalue weighted by molar-refractivity contribution is -0.135.